The lowest BCUT2D eigenvalue weighted by atomic mass is 9.78. The van der Waals surface area contributed by atoms with Crippen molar-refractivity contribution in [2.24, 2.45) is 11.8 Å². The number of hydrogen-bond acceptors (Lipinski definition) is 3. The van der Waals surface area contributed by atoms with Gasteiger partial charge in [0.1, 0.15) is 5.82 Å². The predicted octanol–water partition coefficient (Wildman–Crippen LogP) is 3.23. The van der Waals surface area contributed by atoms with Gasteiger partial charge < -0.3 is 10.1 Å². The molecule has 1 saturated carbocycles. The van der Waals surface area contributed by atoms with E-state index in [-0.39, 0.29) is 24.1 Å². The summed E-state index contributed by atoms with van der Waals surface area (Å²) in [6, 6.07) is 4.25. The summed E-state index contributed by atoms with van der Waals surface area (Å²) >= 11 is 0. The third-order valence-electron chi connectivity index (χ3n) is 4.80. The lowest BCUT2D eigenvalue weighted by Gasteiger charge is -2.34. The molecule has 1 N–H and O–H groups in total. The Balaban J connectivity index is 1.84. The fraction of sp³-hybridized carbons (Fsp3) is 0.556. The minimum atomic E-state index is -0.691. The summed E-state index contributed by atoms with van der Waals surface area (Å²) in [5.74, 6) is -0.475. The Morgan fingerprint density at radius 2 is 2.04 bits per heavy atom. The van der Waals surface area contributed by atoms with Crippen molar-refractivity contribution in [2.45, 2.75) is 46.1 Å². The topological polar surface area (TPSA) is 55.4 Å². The highest BCUT2D eigenvalue weighted by molar-refractivity contribution is 5.91. The Morgan fingerprint density at radius 1 is 1.30 bits per heavy atom. The van der Waals surface area contributed by atoms with Gasteiger partial charge in [-0.15, -0.1) is 0 Å². The molecule has 0 heterocycles. The smallest absolute Gasteiger partial charge is 0.338 e. The molecule has 1 fully saturated rings. The van der Waals surface area contributed by atoms with E-state index in [1.807, 2.05) is 0 Å². The molecule has 5 heteroatoms. The highest BCUT2D eigenvalue weighted by Gasteiger charge is 2.28. The Morgan fingerprint density at radius 3 is 2.74 bits per heavy atom. The summed E-state index contributed by atoms with van der Waals surface area (Å²) in [7, 11) is 0. The van der Waals surface area contributed by atoms with Crippen molar-refractivity contribution in [3.63, 3.8) is 0 Å². The molecule has 23 heavy (non-hydrogen) atoms. The van der Waals surface area contributed by atoms with Crippen LogP contribution in [0, 0.1) is 24.6 Å². The van der Waals surface area contributed by atoms with Gasteiger partial charge in [0.15, 0.2) is 6.61 Å². The summed E-state index contributed by atoms with van der Waals surface area (Å²) in [5.41, 5.74) is 0.570. The van der Waals surface area contributed by atoms with Crippen LogP contribution in [0.25, 0.3) is 0 Å². The summed E-state index contributed by atoms with van der Waals surface area (Å²) in [6.45, 7) is 5.60. The second-order valence-corrected chi connectivity index (χ2v) is 6.48. The van der Waals surface area contributed by atoms with Crippen LogP contribution in [0.1, 0.15) is 49.0 Å². The molecule has 126 valence electrons. The molecule has 0 spiro atoms. The zero-order chi connectivity index (χ0) is 17.0. The zero-order valence-electron chi connectivity index (χ0n) is 13.9. The predicted molar refractivity (Wildman–Crippen MR) is 85.5 cm³/mol. The molecule has 1 amide bonds. The SMILES string of the molecule is Cc1ccc(C(=O)OCC(=O)N[C@@H]2CCC[C@@H](C)[C@H]2C)cc1F. The third kappa shape index (κ3) is 4.53. The summed E-state index contributed by atoms with van der Waals surface area (Å²) < 4.78 is 18.4. The first-order valence-corrected chi connectivity index (χ1v) is 8.11. The minimum absolute atomic E-state index is 0.112. The molecule has 4 nitrogen and oxygen atoms in total. The number of nitrogens with one attached hydrogen (secondary N) is 1. The molecule has 0 aromatic heterocycles. The fourth-order valence-corrected chi connectivity index (χ4v) is 2.97. The Bertz CT molecular complexity index is 588. The van der Waals surface area contributed by atoms with E-state index in [1.54, 1.807) is 6.92 Å². The third-order valence-corrected chi connectivity index (χ3v) is 4.80. The van der Waals surface area contributed by atoms with E-state index in [4.69, 9.17) is 4.74 Å². The maximum atomic E-state index is 13.4. The minimum Gasteiger partial charge on any atom is -0.452 e. The number of carbonyl (C=O) groups is 2. The van der Waals surface area contributed by atoms with E-state index in [2.05, 4.69) is 19.2 Å². The van der Waals surface area contributed by atoms with E-state index in [9.17, 15) is 14.0 Å². The average molecular weight is 321 g/mol. The molecule has 0 aliphatic heterocycles. The zero-order valence-corrected chi connectivity index (χ0v) is 13.9. The van der Waals surface area contributed by atoms with Crippen LogP contribution in [0.5, 0.6) is 0 Å². The number of esters is 1. The largest absolute Gasteiger partial charge is 0.452 e. The quantitative estimate of drug-likeness (QED) is 0.866. The van der Waals surface area contributed by atoms with Gasteiger partial charge in [0.2, 0.25) is 0 Å². The van der Waals surface area contributed by atoms with Crippen molar-refractivity contribution in [3.05, 3.63) is 35.1 Å². The molecule has 0 saturated heterocycles. The van der Waals surface area contributed by atoms with E-state index < -0.39 is 11.8 Å². The Labute approximate surface area is 136 Å². The van der Waals surface area contributed by atoms with Crippen molar-refractivity contribution in [1.82, 2.24) is 5.32 Å². The Hall–Kier alpha value is -1.91. The van der Waals surface area contributed by atoms with Crippen molar-refractivity contribution in [1.29, 1.82) is 0 Å². The summed E-state index contributed by atoms with van der Waals surface area (Å²) in [6.07, 6.45) is 3.23. The van der Waals surface area contributed by atoms with Crippen LogP contribution in [-0.2, 0) is 9.53 Å². The summed E-state index contributed by atoms with van der Waals surface area (Å²) in [5, 5.41) is 2.94. The fourth-order valence-electron chi connectivity index (χ4n) is 2.97. The van der Waals surface area contributed by atoms with Gasteiger partial charge >= 0.3 is 5.97 Å². The van der Waals surface area contributed by atoms with Gasteiger partial charge in [-0.1, -0.05) is 32.8 Å². The molecule has 1 aliphatic rings. The normalized spacial score (nSPS) is 24.1. The summed E-state index contributed by atoms with van der Waals surface area (Å²) in [4.78, 5) is 23.8. The molecule has 0 unspecified atom stereocenters. The van der Waals surface area contributed by atoms with Gasteiger partial charge in [0.05, 0.1) is 5.56 Å². The van der Waals surface area contributed by atoms with Crippen LogP contribution < -0.4 is 5.32 Å². The number of hydrogen-bond donors (Lipinski definition) is 1. The van der Waals surface area contributed by atoms with Gasteiger partial charge in [-0.05, 0) is 42.9 Å². The van der Waals surface area contributed by atoms with Crippen molar-refractivity contribution < 1.29 is 18.7 Å². The van der Waals surface area contributed by atoms with Crippen LogP contribution in [0.2, 0.25) is 0 Å². The van der Waals surface area contributed by atoms with E-state index >= 15 is 0 Å². The van der Waals surface area contributed by atoms with E-state index in [0.29, 0.717) is 17.4 Å². The van der Waals surface area contributed by atoms with Crippen molar-refractivity contribution >= 4 is 11.9 Å². The molecule has 1 aromatic rings. The van der Waals surface area contributed by atoms with E-state index in [0.717, 1.165) is 18.9 Å². The number of benzene rings is 1. The molecular weight excluding hydrogens is 297 g/mol. The molecule has 1 aliphatic carbocycles. The van der Waals surface area contributed by atoms with Crippen LogP contribution in [0.4, 0.5) is 4.39 Å². The van der Waals surface area contributed by atoms with Gasteiger partial charge in [-0.25, -0.2) is 9.18 Å². The van der Waals surface area contributed by atoms with Crippen LogP contribution in [0.3, 0.4) is 0 Å². The number of rotatable bonds is 4. The van der Waals surface area contributed by atoms with Gasteiger partial charge in [0.25, 0.3) is 5.91 Å². The molecule has 3 atom stereocenters. The molecule has 0 radical (unpaired) electrons. The monoisotopic (exact) mass is 321 g/mol. The van der Waals surface area contributed by atoms with E-state index in [1.165, 1.54) is 18.6 Å². The van der Waals surface area contributed by atoms with Crippen molar-refractivity contribution in [2.75, 3.05) is 6.61 Å². The maximum absolute atomic E-state index is 13.4. The second-order valence-electron chi connectivity index (χ2n) is 6.48. The number of amides is 1. The lowest BCUT2D eigenvalue weighted by molar-refractivity contribution is -0.125. The first-order chi connectivity index (χ1) is 10.9. The number of carbonyl (C=O) groups excluding carboxylic acids is 2. The van der Waals surface area contributed by atoms with Crippen LogP contribution >= 0.6 is 0 Å². The Kier molecular flexibility index (Phi) is 5.74. The first kappa shape index (κ1) is 17.4. The molecule has 2 rings (SSSR count). The highest BCUT2D eigenvalue weighted by Crippen LogP contribution is 2.29. The van der Waals surface area contributed by atoms with Crippen LogP contribution in [-0.4, -0.2) is 24.5 Å². The van der Waals surface area contributed by atoms with Gasteiger partial charge in [-0.3, -0.25) is 4.79 Å². The standard InChI is InChI=1S/C18H24FNO3/c1-11-5-4-6-16(13(11)3)20-17(21)10-23-18(22)14-8-7-12(2)15(19)9-14/h7-9,11,13,16H,4-6,10H2,1-3H3,(H,20,21)/t11-,13-,16-/m1/s1. The second kappa shape index (κ2) is 7.57. The lowest BCUT2D eigenvalue weighted by Crippen LogP contribution is -2.45. The van der Waals surface area contributed by atoms with Crippen molar-refractivity contribution in [3.8, 4) is 0 Å². The average Bonchev–Trinajstić information content (AvgIpc) is 2.52. The van der Waals surface area contributed by atoms with Gasteiger partial charge in [0, 0.05) is 6.04 Å². The molecule has 0 bridgehead atoms. The maximum Gasteiger partial charge on any atom is 0.338 e. The number of ether oxygens (including phenoxy) is 1. The molecule has 1 aromatic carbocycles. The highest BCUT2D eigenvalue weighted by atomic mass is 19.1. The number of halogens is 1. The molecular formula is C18H24FNO3. The van der Waals surface area contributed by atoms with Gasteiger partial charge in [-0.2, -0.15) is 0 Å². The van der Waals surface area contributed by atoms with Crippen LogP contribution in [0.15, 0.2) is 18.2 Å². The number of aryl methyl sites for hydroxylation is 1. The first-order valence-electron chi connectivity index (χ1n) is 8.11.